The summed E-state index contributed by atoms with van der Waals surface area (Å²) >= 11 is 12.5. The minimum atomic E-state index is -0.721. The average Bonchev–Trinajstić information content (AvgIpc) is 3.39. The van der Waals surface area contributed by atoms with Crippen molar-refractivity contribution in [2.75, 3.05) is 7.11 Å². The Balaban J connectivity index is 1.58. The molecule has 0 bridgehead atoms. The number of methoxy groups -OCH3 is 1. The maximum Gasteiger partial charge on any atom is 0.338 e. The van der Waals surface area contributed by atoms with Crippen LogP contribution >= 0.6 is 23.2 Å². The van der Waals surface area contributed by atoms with Crippen LogP contribution in [0.4, 0.5) is 0 Å². The highest BCUT2D eigenvalue weighted by Gasteiger charge is 2.48. The fourth-order valence-corrected chi connectivity index (χ4v) is 5.53. The molecule has 1 aromatic heterocycles. The van der Waals surface area contributed by atoms with Gasteiger partial charge in [-0.25, -0.2) is 4.79 Å². The van der Waals surface area contributed by atoms with Crippen molar-refractivity contribution >= 4 is 29.2 Å². The predicted molar refractivity (Wildman–Crippen MR) is 123 cm³/mol. The molecule has 32 heavy (non-hydrogen) atoms. The summed E-state index contributed by atoms with van der Waals surface area (Å²) < 4.78 is 13.0. The number of hydrogen-bond acceptors (Lipinski definition) is 5. The molecule has 172 valence electrons. The van der Waals surface area contributed by atoms with Crippen LogP contribution in [0.3, 0.4) is 0 Å². The number of rotatable bonds is 7. The minimum absolute atomic E-state index is 0.0858. The molecule has 2 aromatic rings. The molecule has 1 unspecified atom stereocenters. The van der Waals surface area contributed by atoms with E-state index in [1.54, 1.807) is 25.0 Å². The summed E-state index contributed by atoms with van der Waals surface area (Å²) in [4.78, 5) is 13.1. The fraction of sp³-hybridized carbons (Fsp3) is 0.500. The summed E-state index contributed by atoms with van der Waals surface area (Å²) in [7, 11) is 3.35. The van der Waals surface area contributed by atoms with E-state index < -0.39 is 11.6 Å². The Labute approximate surface area is 198 Å². The van der Waals surface area contributed by atoms with E-state index >= 15 is 0 Å². The molecule has 6 nitrogen and oxygen atoms in total. The quantitative estimate of drug-likeness (QED) is 0.524. The van der Waals surface area contributed by atoms with Crippen LogP contribution in [0.15, 0.2) is 35.7 Å². The standard InChI is InChI=1S/C24H28Cl2N2O4/c1-28-14-19(26)20(27-28)12-17-21(29)13-24(32-23(17)30,16-5-3-4-6-16)10-9-15-7-8-22(31-2)18(25)11-15/h7-8,11,14,16,29H,3-6,9-10,12-13H2,1-2H3. The van der Waals surface area contributed by atoms with Gasteiger partial charge in [-0.15, -0.1) is 0 Å². The Bertz CT molecular complexity index is 1040. The summed E-state index contributed by atoms with van der Waals surface area (Å²) in [5.41, 5.74) is 1.11. The first-order valence-corrected chi connectivity index (χ1v) is 11.7. The second-order valence-electron chi connectivity index (χ2n) is 8.78. The van der Waals surface area contributed by atoms with Gasteiger partial charge in [0.05, 0.1) is 28.4 Å². The highest BCUT2D eigenvalue weighted by molar-refractivity contribution is 6.32. The van der Waals surface area contributed by atoms with Crippen molar-refractivity contribution < 1.29 is 19.4 Å². The molecule has 1 aliphatic carbocycles. The largest absolute Gasteiger partial charge is 0.512 e. The Morgan fingerprint density at radius 3 is 2.62 bits per heavy atom. The highest BCUT2D eigenvalue weighted by Crippen LogP contribution is 2.46. The van der Waals surface area contributed by atoms with Crippen LogP contribution in [0.25, 0.3) is 0 Å². The lowest BCUT2D eigenvalue weighted by Gasteiger charge is -2.42. The molecule has 0 amide bonds. The van der Waals surface area contributed by atoms with E-state index in [0.717, 1.165) is 31.2 Å². The number of carbonyl (C=O) groups excluding carboxylic acids is 1. The summed E-state index contributed by atoms with van der Waals surface area (Å²) in [5, 5.41) is 16.3. The van der Waals surface area contributed by atoms with E-state index in [4.69, 9.17) is 32.7 Å². The summed E-state index contributed by atoms with van der Waals surface area (Å²) in [5.74, 6) is 0.462. The van der Waals surface area contributed by atoms with Gasteiger partial charge in [0.2, 0.25) is 0 Å². The van der Waals surface area contributed by atoms with Crippen molar-refractivity contribution in [3.05, 3.63) is 57.0 Å². The number of carbonyl (C=O) groups is 1. The monoisotopic (exact) mass is 478 g/mol. The maximum atomic E-state index is 13.1. The van der Waals surface area contributed by atoms with Gasteiger partial charge in [-0.1, -0.05) is 42.1 Å². The SMILES string of the molecule is COc1ccc(CCC2(C3CCCC3)CC(O)=C(Cc3nn(C)cc3Cl)C(=O)O2)cc1Cl. The molecule has 2 heterocycles. The molecule has 2 aliphatic rings. The van der Waals surface area contributed by atoms with Crippen LogP contribution in [0.1, 0.15) is 49.8 Å². The number of aryl methyl sites for hydroxylation is 2. The lowest BCUT2D eigenvalue weighted by atomic mass is 9.76. The minimum Gasteiger partial charge on any atom is -0.512 e. The van der Waals surface area contributed by atoms with Crippen LogP contribution in [0.5, 0.6) is 5.75 Å². The molecular formula is C24H28Cl2N2O4. The number of aliphatic hydroxyl groups excluding tert-OH is 1. The molecular weight excluding hydrogens is 451 g/mol. The number of benzene rings is 1. The van der Waals surface area contributed by atoms with Gasteiger partial charge in [0.1, 0.15) is 17.1 Å². The second-order valence-corrected chi connectivity index (χ2v) is 9.60. The van der Waals surface area contributed by atoms with Crippen LogP contribution in [-0.4, -0.2) is 33.6 Å². The first-order valence-electron chi connectivity index (χ1n) is 11.0. The van der Waals surface area contributed by atoms with E-state index in [1.807, 2.05) is 18.2 Å². The van der Waals surface area contributed by atoms with Crippen molar-refractivity contribution in [3.63, 3.8) is 0 Å². The van der Waals surface area contributed by atoms with Crippen LogP contribution in [0.2, 0.25) is 10.0 Å². The van der Waals surface area contributed by atoms with E-state index in [-0.39, 0.29) is 23.7 Å². The van der Waals surface area contributed by atoms with Crippen LogP contribution < -0.4 is 4.74 Å². The molecule has 0 spiro atoms. The predicted octanol–water partition coefficient (Wildman–Crippen LogP) is 5.60. The van der Waals surface area contributed by atoms with Crippen LogP contribution in [0, 0.1) is 5.92 Å². The van der Waals surface area contributed by atoms with Gasteiger partial charge in [-0.05, 0) is 49.3 Å². The number of hydrogen-bond donors (Lipinski definition) is 1. The molecule has 0 radical (unpaired) electrons. The third-order valence-electron chi connectivity index (χ3n) is 6.71. The molecule has 1 aliphatic heterocycles. The van der Waals surface area contributed by atoms with Gasteiger partial charge in [0.15, 0.2) is 0 Å². The van der Waals surface area contributed by atoms with E-state index in [2.05, 4.69) is 5.10 Å². The molecule has 4 rings (SSSR count). The number of aromatic nitrogens is 2. The van der Waals surface area contributed by atoms with Gasteiger partial charge < -0.3 is 14.6 Å². The number of nitrogens with zero attached hydrogens (tertiary/aromatic N) is 2. The second kappa shape index (κ2) is 9.36. The van der Waals surface area contributed by atoms with Crippen LogP contribution in [-0.2, 0) is 29.4 Å². The summed E-state index contributed by atoms with van der Waals surface area (Å²) in [6.07, 6.45) is 7.64. The van der Waals surface area contributed by atoms with E-state index in [9.17, 15) is 9.90 Å². The average molecular weight is 479 g/mol. The normalized spacial score (nSPS) is 21.8. The molecule has 1 atom stereocenters. The maximum absolute atomic E-state index is 13.1. The first-order chi connectivity index (χ1) is 15.3. The Hall–Kier alpha value is -2.18. The highest BCUT2D eigenvalue weighted by atomic mass is 35.5. The lowest BCUT2D eigenvalue weighted by Crippen LogP contribution is -2.46. The molecule has 1 fully saturated rings. The number of ether oxygens (including phenoxy) is 2. The third-order valence-corrected chi connectivity index (χ3v) is 7.32. The molecule has 1 saturated carbocycles. The topological polar surface area (TPSA) is 73.6 Å². The zero-order chi connectivity index (χ0) is 22.9. The third kappa shape index (κ3) is 4.62. The Morgan fingerprint density at radius 2 is 2.03 bits per heavy atom. The molecule has 0 saturated heterocycles. The number of halogens is 2. The van der Waals surface area contributed by atoms with E-state index in [0.29, 0.717) is 40.8 Å². The van der Waals surface area contributed by atoms with Crippen molar-refractivity contribution in [1.82, 2.24) is 9.78 Å². The zero-order valence-corrected chi connectivity index (χ0v) is 19.9. The smallest absolute Gasteiger partial charge is 0.338 e. The first kappa shape index (κ1) is 23.0. The number of esters is 1. The summed E-state index contributed by atoms with van der Waals surface area (Å²) in [6.45, 7) is 0. The zero-order valence-electron chi connectivity index (χ0n) is 18.4. The van der Waals surface area contributed by atoms with Crippen molar-refractivity contribution in [2.24, 2.45) is 13.0 Å². The number of aliphatic hydroxyl groups is 1. The number of cyclic esters (lactones) is 1. The van der Waals surface area contributed by atoms with Gasteiger partial charge >= 0.3 is 5.97 Å². The molecule has 1 N–H and O–H groups in total. The lowest BCUT2D eigenvalue weighted by molar-refractivity contribution is -0.167. The Morgan fingerprint density at radius 1 is 1.28 bits per heavy atom. The van der Waals surface area contributed by atoms with Gasteiger partial charge in [0.25, 0.3) is 0 Å². The van der Waals surface area contributed by atoms with Gasteiger partial charge in [-0.2, -0.15) is 5.10 Å². The molecule has 8 heteroatoms. The van der Waals surface area contributed by atoms with Crippen molar-refractivity contribution in [3.8, 4) is 5.75 Å². The van der Waals surface area contributed by atoms with E-state index in [1.165, 1.54) is 0 Å². The van der Waals surface area contributed by atoms with Crippen molar-refractivity contribution in [2.45, 2.75) is 57.0 Å². The fourth-order valence-electron chi connectivity index (χ4n) is 5.00. The Kier molecular flexibility index (Phi) is 6.72. The van der Waals surface area contributed by atoms with Gasteiger partial charge in [-0.3, -0.25) is 4.68 Å². The van der Waals surface area contributed by atoms with Crippen molar-refractivity contribution in [1.29, 1.82) is 0 Å². The molecule has 1 aromatic carbocycles. The van der Waals surface area contributed by atoms with Gasteiger partial charge in [0, 0.05) is 26.1 Å². The summed E-state index contributed by atoms with van der Waals surface area (Å²) in [6, 6.07) is 5.71.